The van der Waals surface area contributed by atoms with Crippen LogP contribution in [0.3, 0.4) is 0 Å². The zero-order valence-corrected chi connectivity index (χ0v) is 15.0. The van der Waals surface area contributed by atoms with Crippen molar-refractivity contribution in [2.75, 3.05) is 7.05 Å². The van der Waals surface area contributed by atoms with Crippen LogP contribution in [0.15, 0.2) is 41.4 Å². The number of nitrogens with zero attached hydrogens (tertiary/aromatic N) is 1. The monoisotopic (exact) mass is 331 g/mol. The highest BCUT2D eigenvalue weighted by Gasteiger charge is 2.29. The molecule has 23 heavy (non-hydrogen) atoms. The predicted octanol–water partition coefficient (Wildman–Crippen LogP) is 4.52. The zero-order chi connectivity index (χ0) is 17.0. The summed E-state index contributed by atoms with van der Waals surface area (Å²) in [7, 11) is 2.09. The first-order valence-electron chi connectivity index (χ1n) is 7.70. The third-order valence-corrected chi connectivity index (χ3v) is 6.13. The molecule has 2 unspecified atom stereocenters. The SMILES string of the molecule is CCC(C)(Pc1ccc(F)cc1C=NC)c1cccc(C)c1O. The molecule has 2 aromatic rings. The minimum Gasteiger partial charge on any atom is -0.507 e. The van der Waals surface area contributed by atoms with E-state index >= 15 is 0 Å². The Bertz CT molecular complexity index is 729. The van der Waals surface area contributed by atoms with Gasteiger partial charge in [-0.05, 0) is 36.3 Å². The molecule has 1 N–H and O–H groups in total. The highest BCUT2D eigenvalue weighted by Crippen LogP contribution is 2.47. The van der Waals surface area contributed by atoms with Gasteiger partial charge in [-0.15, -0.1) is 0 Å². The normalized spacial score (nSPS) is 14.7. The largest absolute Gasteiger partial charge is 0.507 e. The minimum absolute atomic E-state index is 0.204. The number of benzene rings is 2. The molecular formula is C19H23FNOP. The summed E-state index contributed by atoms with van der Waals surface area (Å²) in [6.45, 7) is 6.17. The van der Waals surface area contributed by atoms with Gasteiger partial charge in [-0.2, -0.15) is 0 Å². The van der Waals surface area contributed by atoms with Crippen LogP contribution >= 0.6 is 8.58 Å². The van der Waals surface area contributed by atoms with Crippen molar-refractivity contribution < 1.29 is 9.50 Å². The molecule has 0 aromatic heterocycles. The Labute approximate surface area is 139 Å². The maximum absolute atomic E-state index is 13.5. The maximum atomic E-state index is 13.5. The lowest BCUT2D eigenvalue weighted by molar-refractivity contribution is 0.452. The Morgan fingerprint density at radius 2 is 2.04 bits per heavy atom. The van der Waals surface area contributed by atoms with Gasteiger partial charge in [0.25, 0.3) is 0 Å². The van der Waals surface area contributed by atoms with Crippen molar-refractivity contribution >= 4 is 20.1 Å². The fourth-order valence-corrected chi connectivity index (χ4v) is 4.20. The van der Waals surface area contributed by atoms with E-state index in [9.17, 15) is 9.50 Å². The average Bonchev–Trinajstić information content (AvgIpc) is 2.53. The van der Waals surface area contributed by atoms with E-state index in [1.54, 1.807) is 13.3 Å². The van der Waals surface area contributed by atoms with Gasteiger partial charge in [-0.3, -0.25) is 4.99 Å². The third kappa shape index (κ3) is 3.79. The first-order chi connectivity index (χ1) is 10.9. The highest BCUT2D eigenvalue weighted by atomic mass is 31.1. The highest BCUT2D eigenvalue weighted by molar-refractivity contribution is 7.48. The van der Waals surface area contributed by atoms with Crippen molar-refractivity contribution in [2.24, 2.45) is 4.99 Å². The Hall–Kier alpha value is -1.73. The molecule has 0 amide bonds. The van der Waals surface area contributed by atoms with E-state index < -0.39 is 0 Å². The molecule has 0 radical (unpaired) electrons. The van der Waals surface area contributed by atoms with Crippen molar-refractivity contribution in [3.05, 3.63) is 58.9 Å². The van der Waals surface area contributed by atoms with Crippen molar-refractivity contribution in [3.63, 3.8) is 0 Å². The van der Waals surface area contributed by atoms with Crippen molar-refractivity contribution in [2.45, 2.75) is 32.3 Å². The summed E-state index contributed by atoms with van der Waals surface area (Å²) in [6.07, 6.45) is 2.57. The number of phenolic OH excluding ortho intramolecular Hbond substituents is 1. The summed E-state index contributed by atoms with van der Waals surface area (Å²) in [5.74, 6) is 0.0993. The average molecular weight is 331 g/mol. The molecule has 0 spiro atoms. The van der Waals surface area contributed by atoms with E-state index in [4.69, 9.17) is 0 Å². The van der Waals surface area contributed by atoms with Crippen LogP contribution in [0.4, 0.5) is 4.39 Å². The second kappa shape index (κ2) is 7.23. The van der Waals surface area contributed by atoms with Gasteiger partial charge in [0.1, 0.15) is 11.6 Å². The molecule has 0 aliphatic carbocycles. The maximum Gasteiger partial charge on any atom is 0.123 e. The predicted molar refractivity (Wildman–Crippen MR) is 98.4 cm³/mol. The van der Waals surface area contributed by atoms with Crippen molar-refractivity contribution in [1.29, 1.82) is 0 Å². The number of phenols is 1. The number of hydrogen-bond donors (Lipinski definition) is 1. The molecule has 4 heteroatoms. The first-order valence-corrected chi connectivity index (χ1v) is 8.70. The van der Waals surface area contributed by atoms with Crippen LogP contribution in [0.2, 0.25) is 0 Å². The van der Waals surface area contributed by atoms with Gasteiger partial charge < -0.3 is 5.11 Å². The van der Waals surface area contributed by atoms with Crippen LogP contribution in [0.25, 0.3) is 0 Å². The van der Waals surface area contributed by atoms with Gasteiger partial charge in [0.2, 0.25) is 0 Å². The Kier molecular flexibility index (Phi) is 5.54. The molecule has 122 valence electrons. The first kappa shape index (κ1) is 17.6. The molecule has 2 aromatic carbocycles. The van der Waals surface area contributed by atoms with E-state index in [1.807, 2.05) is 31.2 Å². The third-order valence-electron chi connectivity index (χ3n) is 4.23. The summed E-state index contributed by atoms with van der Waals surface area (Å²) in [6, 6.07) is 10.7. The minimum atomic E-state index is -0.259. The quantitative estimate of drug-likeness (QED) is 0.634. The zero-order valence-electron chi connectivity index (χ0n) is 14.0. The summed E-state index contributed by atoms with van der Waals surface area (Å²) < 4.78 is 13.5. The number of halogens is 1. The number of aryl methyl sites for hydroxylation is 1. The molecule has 0 fully saturated rings. The van der Waals surface area contributed by atoms with Gasteiger partial charge in [0.05, 0.1) is 0 Å². The molecule has 2 rings (SSSR count). The Morgan fingerprint density at radius 1 is 1.30 bits per heavy atom. The van der Waals surface area contributed by atoms with Gasteiger partial charge in [-0.1, -0.05) is 46.7 Å². The number of aromatic hydroxyl groups is 1. The molecule has 0 bridgehead atoms. The van der Waals surface area contributed by atoms with Crippen LogP contribution in [0.5, 0.6) is 5.75 Å². The summed E-state index contributed by atoms with van der Waals surface area (Å²) in [5.41, 5.74) is 2.63. The smallest absolute Gasteiger partial charge is 0.123 e. The van der Waals surface area contributed by atoms with Gasteiger partial charge in [0, 0.05) is 29.5 Å². The topological polar surface area (TPSA) is 32.6 Å². The van der Waals surface area contributed by atoms with E-state index in [2.05, 4.69) is 18.8 Å². The fraction of sp³-hybridized carbons (Fsp3) is 0.316. The van der Waals surface area contributed by atoms with Gasteiger partial charge >= 0.3 is 0 Å². The lowest BCUT2D eigenvalue weighted by Crippen LogP contribution is -2.20. The van der Waals surface area contributed by atoms with Gasteiger partial charge in [-0.25, -0.2) is 4.39 Å². The van der Waals surface area contributed by atoms with Crippen LogP contribution in [0.1, 0.15) is 37.0 Å². The van der Waals surface area contributed by atoms with Crippen LogP contribution in [-0.2, 0) is 5.16 Å². The molecule has 2 atom stereocenters. The van der Waals surface area contributed by atoms with E-state index in [1.165, 1.54) is 12.1 Å². The number of aliphatic imine (C=N–C) groups is 1. The molecule has 0 heterocycles. The molecule has 0 saturated heterocycles. The molecular weight excluding hydrogens is 308 g/mol. The Balaban J connectivity index is 2.49. The van der Waals surface area contributed by atoms with E-state index in [0.717, 1.165) is 28.4 Å². The Morgan fingerprint density at radius 3 is 2.70 bits per heavy atom. The standard InChI is InChI=1S/C19H23FNOP/c1-5-19(3,16-8-6-7-13(2)18(16)22)23-17-10-9-15(20)11-14(17)12-21-4/h6-12,22-23H,5H2,1-4H3. The molecule has 2 nitrogen and oxygen atoms in total. The lowest BCUT2D eigenvalue weighted by Gasteiger charge is -2.31. The van der Waals surface area contributed by atoms with Gasteiger partial charge in [0.15, 0.2) is 0 Å². The van der Waals surface area contributed by atoms with Crippen molar-refractivity contribution in [3.8, 4) is 5.75 Å². The van der Waals surface area contributed by atoms with Crippen LogP contribution in [-0.4, -0.2) is 18.4 Å². The fourth-order valence-electron chi connectivity index (χ4n) is 2.64. The number of para-hydroxylation sites is 1. The van der Waals surface area contributed by atoms with Crippen LogP contribution in [0, 0.1) is 12.7 Å². The number of hydrogen-bond acceptors (Lipinski definition) is 2. The summed E-state index contributed by atoms with van der Waals surface area (Å²) >= 11 is 0. The summed E-state index contributed by atoms with van der Waals surface area (Å²) in [5, 5.41) is 11.3. The summed E-state index contributed by atoms with van der Waals surface area (Å²) in [4.78, 5) is 4.03. The van der Waals surface area contributed by atoms with E-state index in [-0.39, 0.29) is 11.0 Å². The lowest BCUT2D eigenvalue weighted by atomic mass is 9.94. The molecule has 0 aliphatic heterocycles. The van der Waals surface area contributed by atoms with E-state index in [0.29, 0.717) is 14.3 Å². The number of rotatable bonds is 5. The van der Waals surface area contributed by atoms with Crippen LogP contribution < -0.4 is 5.30 Å². The second-order valence-electron chi connectivity index (χ2n) is 5.90. The second-order valence-corrected chi connectivity index (χ2v) is 7.79. The van der Waals surface area contributed by atoms with Crippen molar-refractivity contribution in [1.82, 2.24) is 0 Å². The molecule has 0 aliphatic rings. The molecule has 0 saturated carbocycles.